The van der Waals surface area contributed by atoms with Gasteiger partial charge in [0.15, 0.2) is 0 Å². The predicted octanol–water partition coefficient (Wildman–Crippen LogP) is 4.21. The highest BCUT2D eigenvalue weighted by molar-refractivity contribution is 5.91. The predicted molar refractivity (Wildman–Crippen MR) is 106 cm³/mol. The molecule has 5 nitrogen and oxygen atoms in total. The van der Waals surface area contributed by atoms with Crippen LogP contribution in [0.25, 0.3) is 10.9 Å². The van der Waals surface area contributed by atoms with Crippen LogP contribution in [0.4, 0.5) is 0 Å². The highest BCUT2D eigenvalue weighted by atomic mass is 16.5. The summed E-state index contributed by atoms with van der Waals surface area (Å²) in [6.07, 6.45) is 6.50. The lowest BCUT2D eigenvalue weighted by Gasteiger charge is -2.16. The summed E-state index contributed by atoms with van der Waals surface area (Å²) < 4.78 is 8.20. The Kier molecular flexibility index (Phi) is 4.92. The van der Waals surface area contributed by atoms with E-state index in [1.165, 1.54) is 35.0 Å². The first-order valence-electron chi connectivity index (χ1n) is 9.70. The molecule has 0 saturated heterocycles. The first-order chi connectivity index (χ1) is 13.2. The largest absolute Gasteiger partial charge is 0.463 e. The van der Waals surface area contributed by atoms with Gasteiger partial charge in [0, 0.05) is 40.1 Å². The topological polar surface area (TPSA) is 57.0 Å². The van der Waals surface area contributed by atoms with Gasteiger partial charge in [-0.15, -0.1) is 0 Å². The van der Waals surface area contributed by atoms with Crippen molar-refractivity contribution in [1.82, 2.24) is 14.5 Å². The average molecular weight is 363 g/mol. The number of hydrogen-bond donors (Lipinski definition) is 0. The minimum Gasteiger partial charge on any atom is -0.463 e. The Morgan fingerprint density at radius 1 is 1.11 bits per heavy atom. The molecule has 0 atom stereocenters. The molecule has 27 heavy (non-hydrogen) atoms. The van der Waals surface area contributed by atoms with Crippen LogP contribution in [0, 0.1) is 13.8 Å². The van der Waals surface area contributed by atoms with Crippen LogP contribution in [0.2, 0.25) is 0 Å². The molecule has 0 saturated carbocycles. The van der Waals surface area contributed by atoms with Crippen LogP contribution in [-0.2, 0) is 19.4 Å². The fraction of sp³-hybridized carbons (Fsp3) is 0.409. The van der Waals surface area contributed by atoms with Crippen LogP contribution in [0.1, 0.15) is 52.3 Å². The number of carbonyl (C=O) groups excluding carboxylic acids is 1. The van der Waals surface area contributed by atoms with Crippen molar-refractivity contribution in [3.05, 3.63) is 52.5 Å². The summed E-state index contributed by atoms with van der Waals surface area (Å²) in [6, 6.07) is 8.45. The molecular weight excluding hydrogens is 338 g/mol. The highest BCUT2D eigenvalue weighted by Gasteiger charge is 2.20. The van der Waals surface area contributed by atoms with Gasteiger partial charge in [-0.05, 0) is 75.8 Å². The maximum atomic E-state index is 11.2. The van der Waals surface area contributed by atoms with Crippen LogP contribution in [0.5, 0.6) is 6.01 Å². The van der Waals surface area contributed by atoms with Crippen LogP contribution in [0.3, 0.4) is 0 Å². The molecule has 4 rings (SSSR count). The van der Waals surface area contributed by atoms with Gasteiger partial charge in [0.05, 0.1) is 6.61 Å². The third-order valence-corrected chi connectivity index (χ3v) is 5.26. The Labute approximate surface area is 159 Å². The number of aromatic nitrogens is 3. The van der Waals surface area contributed by atoms with E-state index >= 15 is 0 Å². The number of fused-ring (bicyclic) bond motifs is 3. The number of hydrogen-bond acceptors (Lipinski definition) is 4. The standard InChI is InChI=1S/C22H25N3O2/c1-15-12-16(2)24-22(23-15)27-11-5-10-25-20-7-4-3-6-18(20)19-13-17(14-26)8-9-21(19)25/h8-9,12-14H,3-7,10-11H2,1-2H3. The molecule has 2 heterocycles. The van der Waals surface area contributed by atoms with Gasteiger partial charge in [0.1, 0.15) is 6.29 Å². The van der Waals surface area contributed by atoms with Crippen molar-refractivity contribution in [2.24, 2.45) is 0 Å². The number of carbonyl (C=O) groups is 1. The first kappa shape index (κ1) is 17.7. The molecule has 5 heteroatoms. The van der Waals surface area contributed by atoms with Gasteiger partial charge in [-0.3, -0.25) is 4.79 Å². The van der Waals surface area contributed by atoms with Gasteiger partial charge in [-0.1, -0.05) is 0 Å². The molecule has 0 bridgehead atoms. The summed E-state index contributed by atoms with van der Waals surface area (Å²) in [5, 5.41) is 1.24. The number of ether oxygens (including phenoxy) is 1. The Hall–Kier alpha value is -2.69. The van der Waals surface area contributed by atoms with E-state index in [1.807, 2.05) is 32.0 Å². The van der Waals surface area contributed by atoms with Crippen molar-refractivity contribution in [3.63, 3.8) is 0 Å². The normalized spacial score (nSPS) is 13.6. The molecular formula is C22H25N3O2. The molecule has 0 aliphatic heterocycles. The molecule has 0 spiro atoms. The second-order valence-corrected chi connectivity index (χ2v) is 7.31. The van der Waals surface area contributed by atoms with Crippen molar-refractivity contribution >= 4 is 17.2 Å². The van der Waals surface area contributed by atoms with Gasteiger partial charge in [-0.2, -0.15) is 0 Å². The van der Waals surface area contributed by atoms with E-state index < -0.39 is 0 Å². The van der Waals surface area contributed by atoms with Gasteiger partial charge in [-0.25, -0.2) is 9.97 Å². The van der Waals surface area contributed by atoms with Crippen LogP contribution in [-0.4, -0.2) is 27.4 Å². The molecule has 3 aromatic rings. The smallest absolute Gasteiger partial charge is 0.316 e. The molecule has 1 aliphatic carbocycles. The third-order valence-electron chi connectivity index (χ3n) is 5.26. The van der Waals surface area contributed by atoms with Gasteiger partial charge in [0.2, 0.25) is 0 Å². The second-order valence-electron chi connectivity index (χ2n) is 7.31. The van der Waals surface area contributed by atoms with E-state index in [1.54, 1.807) is 0 Å². The number of nitrogens with zero attached hydrogens (tertiary/aromatic N) is 3. The summed E-state index contributed by atoms with van der Waals surface area (Å²) in [5.74, 6) is 0. The van der Waals surface area contributed by atoms with Crippen molar-refractivity contribution in [3.8, 4) is 6.01 Å². The Morgan fingerprint density at radius 3 is 2.67 bits per heavy atom. The van der Waals surface area contributed by atoms with Crippen LogP contribution in [0.15, 0.2) is 24.3 Å². The molecule has 0 unspecified atom stereocenters. The zero-order valence-electron chi connectivity index (χ0n) is 16.0. The van der Waals surface area contributed by atoms with Crippen LogP contribution >= 0.6 is 0 Å². The maximum absolute atomic E-state index is 11.2. The van der Waals surface area contributed by atoms with E-state index in [-0.39, 0.29) is 0 Å². The van der Waals surface area contributed by atoms with Crippen molar-refractivity contribution in [2.75, 3.05) is 6.61 Å². The minimum atomic E-state index is 0.461. The molecule has 0 radical (unpaired) electrons. The fourth-order valence-electron chi connectivity index (χ4n) is 4.13. The zero-order valence-corrected chi connectivity index (χ0v) is 16.0. The fourth-order valence-corrected chi connectivity index (χ4v) is 4.13. The molecule has 140 valence electrons. The summed E-state index contributed by atoms with van der Waals surface area (Å²) in [4.78, 5) is 19.9. The van der Waals surface area contributed by atoms with E-state index in [0.29, 0.717) is 12.6 Å². The molecule has 0 amide bonds. The zero-order chi connectivity index (χ0) is 18.8. The molecule has 1 aliphatic rings. The van der Waals surface area contributed by atoms with Gasteiger partial charge >= 0.3 is 6.01 Å². The SMILES string of the molecule is Cc1cc(C)nc(OCCCn2c3c(c4cc(C=O)ccc42)CCCC3)n1. The quantitative estimate of drug-likeness (QED) is 0.486. The van der Waals surface area contributed by atoms with Gasteiger partial charge in [0.25, 0.3) is 0 Å². The summed E-state index contributed by atoms with van der Waals surface area (Å²) in [6.45, 7) is 5.39. The Morgan fingerprint density at radius 2 is 1.89 bits per heavy atom. The number of aryl methyl sites for hydroxylation is 4. The third kappa shape index (κ3) is 3.59. The van der Waals surface area contributed by atoms with E-state index in [4.69, 9.17) is 4.74 Å². The second kappa shape index (κ2) is 7.51. The summed E-state index contributed by atoms with van der Waals surface area (Å²) >= 11 is 0. The monoisotopic (exact) mass is 363 g/mol. The molecule has 0 fully saturated rings. The van der Waals surface area contributed by atoms with E-state index in [2.05, 4.69) is 20.6 Å². The minimum absolute atomic E-state index is 0.461. The number of benzene rings is 1. The maximum Gasteiger partial charge on any atom is 0.316 e. The Balaban J connectivity index is 1.52. The van der Waals surface area contributed by atoms with Gasteiger partial charge < -0.3 is 9.30 Å². The van der Waals surface area contributed by atoms with Crippen LogP contribution < -0.4 is 4.74 Å². The lowest BCUT2D eigenvalue weighted by Crippen LogP contribution is -2.11. The number of aldehydes is 1. The average Bonchev–Trinajstić information content (AvgIpc) is 2.98. The molecule has 1 aromatic carbocycles. The molecule has 2 aromatic heterocycles. The first-order valence-corrected chi connectivity index (χ1v) is 9.70. The summed E-state index contributed by atoms with van der Waals surface area (Å²) in [5.41, 5.74) is 6.70. The summed E-state index contributed by atoms with van der Waals surface area (Å²) in [7, 11) is 0. The lowest BCUT2D eigenvalue weighted by atomic mass is 9.95. The highest BCUT2D eigenvalue weighted by Crippen LogP contribution is 2.32. The van der Waals surface area contributed by atoms with Crippen molar-refractivity contribution in [1.29, 1.82) is 0 Å². The van der Waals surface area contributed by atoms with Crippen molar-refractivity contribution in [2.45, 2.75) is 52.5 Å². The van der Waals surface area contributed by atoms with Crippen molar-refractivity contribution < 1.29 is 9.53 Å². The van der Waals surface area contributed by atoms with E-state index in [0.717, 1.165) is 49.0 Å². The molecule has 0 N–H and O–H groups in total. The number of rotatable bonds is 6. The lowest BCUT2D eigenvalue weighted by molar-refractivity contribution is 0.112. The Bertz CT molecular complexity index is 971. The van der Waals surface area contributed by atoms with E-state index in [9.17, 15) is 4.79 Å².